The molecule has 3 nitrogen and oxygen atoms in total. The molecule has 1 saturated carbocycles. The van der Waals surface area contributed by atoms with Crippen molar-refractivity contribution in [3.63, 3.8) is 0 Å². The lowest BCUT2D eigenvalue weighted by Crippen LogP contribution is -2.35. The Balaban J connectivity index is 2.30. The van der Waals surface area contributed by atoms with Crippen LogP contribution in [0.25, 0.3) is 0 Å². The van der Waals surface area contributed by atoms with Crippen LogP contribution in [0.3, 0.4) is 0 Å². The summed E-state index contributed by atoms with van der Waals surface area (Å²) in [5, 5.41) is 4.38. The first-order valence-electron chi connectivity index (χ1n) is 6.10. The van der Waals surface area contributed by atoms with Gasteiger partial charge in [0.1, 0.15) is 0 Å². The first-order valence-corrected chi connectivity index (χ1v) is 6.89. The van der Waals surface area contributed by atoms with Gasteiger partial charge in [-0.05, 0) is 48.0 Å². The van der Waals surface area contributed by atoms with Crippen molar-refractivity contribution in [1.29, 1.82) is 0 Å². The zero-order valence-electron chi connectivity index (χ0n) is 9.99. The summed E-state index contributed by atoms with van der Waals surface area (Å²) in [7, 11) is 0. The third-order valence-corrected chi connectivity index (χ3v) is 4.26. The van der Waals surface area contributed by atoms with E-state index in [2.05, 4.69) is 39.6 Å². The Kier molecular flexibility index (Phi) is 3.70. The Hall–Kier alpha value is -0.350. The summed E-state index contributed by atoms with van der Waals surface area (Å²) in [5.74, 6) is 1.23. The average molecular weight is 286 g/mol. The SMILES string of the molecule is CCn1ncc(Br)c1C1CC(C)CCC1N. The number of halogens is 1. The minimum atomic E-state index is 0.287. The van der Waals surface area contributed by atoms with Crippen molar-refractivity contribution in [2.45, 2.75) is 51.6 Å². The summed E-state index contributed by atoms with van der Waals surface area (Å²) in [4.78, 5) is 0. The van der Waals surface area contributed by atoms with Gasteiger partial charge in [-0.25, -0.2) is 0 Å². The zero-order chi connectivity index (χ0) is 11.7. The molecule has 0 spiro atoms. The fraction of sp³-hybridized carbons (Fsp3) is 0.750. The van der Waals surface area contributed by atoms with Crippen molar-refractivity contribution in [2.75, 3.05) is 0 Å². The van der Waals surface area contributed by atoms with Gasteiger partial charge < -0.3 is 5.73 Å². The maximum Gasteiger partial charge on any atom is 0.0635 e. The Labute approximate surface area is 106 Å². The molecule has 0 radical (unpaired) electrons. The first-order chi connectivity index (χ1) is 7.63. The van der Waals surface area contributed by atoms with Crippen LogP contribution in [0.15, 0.2) is 10.7 Å². The molecular formula is C12H20BrN3. The van der Waals surface area contributed by atoms with Crippen molar-refractivity contribution in [2.24, 2.45) is 11.7 Å². The van der Waals surface area contributed by atoms with E-state index in [0.29, 0.717) is 5.92 Å². The van der Waals surface area contributed by atoms with Gasteiger partial charge in [0.15, 0.2) is 0 Å². The molecule has 3 atom stereocenters. The van der Waals surface area contributed by atoms with E-state index in [9.17, 15) is 0 Å². The van der Waals surface area contributed by atoms with Gasteiger partial charge in [0.2, 0.25) is 0 Å². The molecule has 16 heavy (non-hydrogen) atoms. The average Bonchev–Trinajstić information content (AvgIpc) is 2.63. The number of nitrogens with zero attached hydrogens (tertiary/aromatic N) is 2. The smallest absolute Gasteiger partial charge is 0.0635 e. The number of hydrogen-bond donors (Lipinski definition) is 1. The highest BCUT2D eigenvalue weighted by atomic mass is 79.9. The fourth-order valence-corrected chi connectivity index (χ4v) is 3.30. The van der Waals surface area contributed by atoms with E-state index >= 15 is 0 Å². The van der Waals surface area contributed by atoms with Gasteiger partial charge in [0, 0.05) is 18.5 Å². The molecule has 3 unspecified atom stereocenters. The molecule has 0 aliphatic heterocycles. The maximum absolute atomic E-state index is 6.26. The van der Waals surface area contributed by atoms with Crippen LogP contribution >= 0.6 is 15.9 Å². The van der Waals surface area contributed by atoms with Crippen molar-refractivity contribution >= 4 is 15.9 Å². The highest BCUT2D eigenvalue weighted by molar-refractivity contribution is 9.10. The Morgan fingerprint density at radius 1 is 1.56 bits per heavy atom. The van der Waals surface area contributed by atoms with E-state index in [4.69, 9.17) is 5.73 Å². The van der Waals surface area contributed by atoms with E-state index in [1.54, 1.807) is 0 Å². The van der Waals surface area contributed by atoms with Gasteiger partial charge in [-0.1, -0.05) is 6.92 Å². The molecule has 1 aliphatic carbocycles. The number of aromatic nitrogens is 2. The van der Waals surface area contributed by atoms with Crippen molar-refractivity contribution in [3.05, 3.63) is 16.4 Å². The third kappa shape index (κ3) is 2.18. The summed E-state index contributed by atoms with van der Waals surface area (Å²) >= 11 is 3.60. The van der Waals surface area contributed by atoms with Crippen molar-refractivity contribution in [3.8, 4) is 0 Å². The molecule has 4 heteroatoms. The van der Waals surface area contributed by atoms with Gasteiger partial charge in [0.25, 0.3) is 0 Å². The fourth-order valence-electron chi connectivity index (χ4n) is 2.71. The van der Waals surface area contributed by atoms with Crippen molar-refractivity contribution < 1.29 is 0 Å². The molecule has 2 N–H and O–H groups in total. The molecule has 1 fully saturated rings. The lowest BCUT2D eigenvalue weighted by atomic mass is 9.77. The van der Waals surface area contributed by atoms with Crippen LogP contribution in [0, 0.1) is 5.92 Å². The highest BCUT2D eigenvalue weighted by Gasteiger charge is 2.30. The summed E-state index contributed by atoms with van der Waals surface area (Å²) in [6.45, 7) is 5.36. The summed E-state index contributed by atoms with van der Waals surface area (Å²) in [6.07, 6.45) is 5.47. The normalized spacial score (nSPS) is 30.6. The molecule has 1 aromatic rings. The van der Waals surface area contributed by atoms with E-state index in [-0.39, 0.29) is 6.04 Å². The van der Waals surface area contributed by atoms with Crippen LogP contribution in [0.2, 0.25) is 0 Å². The van der Waals surface area contributed by atoms with Crippen LogP contribution in [0.5, 0.6) is 0 Å². The number of hydrogen-bond acceptors (Lipinski definition) is 2. The molecule has 2 rings (SSSR count). The second-order valence-electron chi connectivity index (χ2n) is 4.88. The van der Waals surface area contributed by atoms with Crippen molar-refractivity contribution in [1.82, 2.24) is 9.78 Å². The Bertz CT molecular complexity index is 361. The van der Waals surface area contributed by atoms with Gasteiger partial charge in [0.05, 0.1) is 16.4 Å². The minimum Gasteiger partial charge on any atom is -0.327 e. The third-order valence-electron chi connectivity index (χ3n) is 3.65. The quantitative estimate of drug-likeness (QED) is 0.908. The second kappa shape index (κ2) is 4.88. The standard InChI is InChI=1S/C12H20BrN3/c1-3-16-12(10(13)7-15-16)9-6-8(2)4-5-11(9)14/h7-9,11H,3-6,14H2,1-2H3. The van der Waals surface area contributed by atoms with Crippen LogP contribution in [0.4, 0.5) is 0 Å². The second-order valence-corrected chi connectivity index (χ2v) is 5.74. The Morgan fingerprint density at radius 2 is 2.31 bits per heavy atom. The molecule has 0 bridgehead atoms. The van der Waals surface area contributed by atoms with Gasteiger partial charge in [-0.2, -0.15) is 5.10 Å². The van der Waals surface area contributed by atoms with E-state index in [1.165, 1.54) is 18.5 Å². The lowest BCUT2D eigenvalue weighted by molar-refractivity contribution is 0.294. The lowest BCUT2D eigenvalue weighted by Gasteiger charge is -2.33. The summed E-state index contributed by atoms with van der Waals surface area (Å²) in [6, 6.07) is 0.287. The molecule has 90 valence electrons. The van der Waals surface area contributed by atoms with Gasteiger partial charge >= 0.3 is 0 Å². The molecule has 1 heterocycles. The van der Waals surface area contributed by atoms with E-state index < -0.39 is 0 Å². The summed E-state index contributed by atoms with van der Waals surface area (Å²) in [5.41, 5.74) is 7.56. The predicted octanol–water partition coefficient (Wildman–Crippen LogP) is 2.90. The maximum atomic E-state index is 6.26. The monoisotopic (exact) mass is 285 g/mol. The largest absolute Gasteiger partial charge is 0.327 e. The number of aryl methyl sites for hydroxylation is 1. The zero-order valence-corrected chi connectivity index (χ0v) is 11.6. The first kappa shape index (κ1) is 12.1. The van der Waals surface area contributed by atoms with Crippen LogP contribution in [-0.4, -0.2) is 15.8 Å². The molecule has 0 aromatic carbocycles. The van der Waals surface area contributed by atoms with Gasteiger partial charge in [-0.15, -0.1) is 0 Å². The van der Waals surface area contributed by atoms with E-state index in [0.717, 1.165) is 23.4 Å². The number of nitrogens with two attached hydrogens (primary N) is 1. The molecule has 0 amide bonds. The van der Waals surface area contributed by atoms with Crippen LogP contribution < -0.4 is 5.73 Å². The minimum absolute atomic E-state index is 0.287. The van der Waals surface area contributed by atoms with Gasteiger partial charge in [-0.3, -0.25) is 4.68 Å². The Morgan fingerprint density at radius 3 is 3.00 bits per heavy atom. The number of rotatable bonds is 2. The molecule has 0 saturated heterocycles. The van der Waals surface area contributed by atoms with E-state index in [1.807, 2.05) is 6.20 Å². The predicted molar refractivity (Wildman–Crippen MR) is 69.3 cm³/mol. The molecular weight excluding hydrogens is 266 g/mol. The highest BCUT2D eigenvalue weighted by Crippen LogP contribution is 2.38. The molecule has 1 aliphatic rings. The summed E-state index contributed by atoms with van der Waals surface area (Å²) < 4.78 is 3.19. The van der Waals surface area contributed by atoms with Crippen LogP contribution in [0.1, 0.15) is 44.7 Å². The topological polar surface area (TPSA) is 43.8 Å². The molecule has 1 aromatic heterocycles. The van der Waals surface area contributed by atoms with Crippen LogP contribution in [-0.2, 0) is 6.54 Å².